The van der Waals surface area contributed by atoms with E-state index in [4.69, 9.17) is 23.2 Å². The molecule has 2 aromatic rings. The van der Waals surface area contributed by atoms with Gasteiger partial charge in [-0.3, -0.25) is 4.79 Å². The lowest BCUT2D eigenvalue weighted by molar-refractivity contribution is -0.141. The summed E-state index contributed by atoms with van der Waals surface area (Å²) in [4.78, 5) is 11.7. The highest BCUT2D eigenvalue weighted by atomic mass is 35.5. The van der Waals surface area contributed by atoms with E-state index in [2.05, 4.69) is 0 Å². The number of carbonyl (C=O) groups is 1. The van der Waals surface area contributed by atoms with E-state index in [1.54, 1.807) is 24.3 Å². The van der Waals surface area contributed by atoms with E-state index in [0.29, 0.717) is 15.6 Å². The lowest BCUT2D eigenvalue weighted by atomic mass is 10.0. The highest BCUT2D eigenvalue weighted by Crippen LogP contribution is 2.64. The summed E-state index contributed by atoms with van der Waals surface area (Å²) in [5, 5.41) is 18.4. The van der Waals surface area contributed by atoms with E-state index in [-0.39, 0.29) is 4.90 Å². The first kappa shape index (κ1) is 17.7. The third kappa shape index (κ3) is 2.69. The van der Waals surface area contributed by atoms with Gasteiger partial charge in [0.1, 0.15) is 5.25 Å². The van der Waals surface area contributed by atoms with Gasteiger partial charge in [-0.05, 0) is 42.0 Å². The monoisotopic (exact) mass is 395 g/mol. The van der Waals surface area contributed by atoms with Gasteiger partial charge in [-0.15, -0.1) is 0 Å². The Morgan fingerprint density at radius 1 is 1.12 bits per heavy atom. The number of benzene rings is 2. The number of carboxylic acid groups (broad SMARTS) is 1. The molecule has 0 heterocycles. The predicted molar refractivity (Wildman–Crippen MR) is 92.3 cm³/mol. The van der Waals surface area contributed by atoms with E-state index in [0.717, 1.165) is 0 Å². The van der Waals surface area contributed by atoms with Gasteiger partial charge in [0.05, 0.1) is 11.0 Å². The van der Waals surface area contributed by atoms with Crippen molar-refractivity contribution >= 4 is 39.0 Å². The largest absolute Gasteiger partial charge is 0.480 e. The van der Waals surface area contributed by atoms with Crippen LogP contribution < -0.4 is 0 Å². The number of sulfone groups is 1. The van der Waals surface area contributed by atoms with Gasteiger partial charge >= 0.3 is 5.97 Å². The summed E-state index contributed by atoms with van der Waals surface area (Å²) in [7, 11) is -4.06. The molecule has 0 aromatic heterocycles. The van der Waals surface area contributed by atoms with Crippen LogP contribution in [0.15, 0.2) is 53.4 Å². The minimum atomic E-state index is -4.06. The van der Waals surface area contributed by atoms with Crippen LogP contribution in [0.3, 0.4) is 0 Å². The van der Waals surface area contributed by atoms with Crippen molar-refractivity contribution in [3.63, 3.8) is 0 Å². The van der Waals surface area contributed by atoms with Gasteiger partial charge in [-0.25, -0.2) is 8.42 Å². The molecule has 8 heteroatoms. The van der Waals surface area contributed by atoms with E-state index < -0.39 is 32.4 Å². The summed E-state index contributed by atoms with van der Waals surface area (Å²) < 4.78 is 25.9. The molecule has 25 heavy (non-hydrogen) atoms. The Kier molecular flexibility index (Phi) is 4.28. The molecule has 0 saturated heterocycles. The Balaban J connectivity index is 2.14. The van der Waals surface area contributed by atoms with Crippen LogP contribution in [0.4, 0.5) is 0 Å². The summed E-state index contributed by atoms with van der Waals surface area (Å²) in [6.45, 7) is 0. The minimum Gasteiger partial charge on any atom is -0.480 e. The van der Waals surface area contributed by atoms with Crippen molar-refractivity contribution in [2.45, 2.75) is 16.1 Å². The number of rotatable bonds is 4. The zero-order valence-electron chi connectivity index (χ0n) is 12.6. The van der Waals surface area contributed by atoms with Gasteiger partial charge in [0.25, 0.3) is 0 Å². The van der Waals surface area contributed by atoms with Crippen molar-refractivity contribution in [1.82, 2.24) is 0 Å². The molecule has 0 bridgehead atoms. The van der Waals surface area contributed by atoms with E-state index in [1.807, 2.05) is 0 Å². The predicted octanol–water partition coefficient (Wildman–Crippen LogP) is 3.53. The fourth-order valence-electron chi connectivity index (χ4n) is 3.12. The van der Waals surface area contributed by atoms with Gasteiger partial charge in [0.2, 0.25) is 0 Å². The lowest BCUT2D eigenvalue weighted by Crippen LogP contribution is -2.22. The molecule has 3 atom stereocenters. The molecule has 3 rings (SSSR count). The van der Waals surface area contributed by atoms with Crippen LogP contribution in [0, 0.1) is 16.7 Å². The first-order valence-corrected chi connectivity index (χ1v) is 9.45. The van der Waals surface area contributed by atoms with Crippen LogP contribution in [0.1, 0.15) is 11.5 Å². The molecule has 1 fully saturated rings. The molecule has 2 aromatic carbocycles. The van der Waals surface area contributed by atoms with Crippen LogP contribution in [0.5, 0.6) is 0 Å². The molecular formula is C17H11Cl2NO4S. The molecule has 0 amide bonds. The second-order valence-electron chi connectivity index (χ2n) is 5.74. The first-order chi connectivity index (χ1) is 11.7. The maximum Gasteiger partial charge on any atom is 0.326 e. The molecule has 0 aliphatic heterocycles. The second-order valence-corrected chi connectivity index (χ2v) is 8.68. The number of hydrogen-bond donors (Lipinski definition) is 1. The van der Waals surface area contributed by atoms with Gasteiger partial charge in [0, 0.05) is 16.0 Å². The van der Waals surface area contributed by atoms with Gasteiger partial charge in [0.15, 0.2) is 15.3 Å². The zero-order valence-corrected chi connectivity index (χ0v) is 14.9. The zero-order chi connectivity index (χ0) is 18.4. The van der Waals surface area contributed by atoms with Crippen molar-refractivity contribution in [3.8, 4) is 6.07 Å². The Bertz CT molecular complexity index is 998. The van der Waals surface area contributed by atoms with Crippen LogP contribution in [0.2, 0.25) is 10.0 Å². The summed E-state index contributed by atoms with van der Waals surface area (Å²) in [6, 6.07) is 13.4. The van der Waals surface area contributed by atoms with Crippen molar-refractivity contribution in [1.29, 1.82) is 5.26 Å². The second kappa shape index (κ2) is 6.03. The summed E-state index contributed by atoms with van der Waals surface area (Å²) in [6.07, 6.45) is 0. The van der Waals surface area contributed by atoms with Crippen molar-refractivity contribution in [2.75, 3.05) is 0 Å². The van der Waals surface area contributed by atoms with Crippen LogP contribution >= 0.6 is 23.2 Å². The average molecular weight is 396 g/mol. The number of halogens is 2. The number of aliphatic carboxylic acids is 1. The fourth-order valence-corrected chi connectivity index (χ4v) is 5.70. The number of nitrogens with zero attached hydrogens (tertiary/aromatic N) is 1. The quantitative estimate of drug-likeness (QED) is 0.853. The molecule has 1 aliphatic rings. The molecule has 1 aliphatic carbocycles. The normalized spacial score (nSPS) is 25.2. The van der Waals surface area contributed by atoms with Crippen LogP contribution in [-0.2, 0) is 14.6 Å². The maximum absolute atomic E-state index is 13.0. The molecule has 0 radical (unpaired) electrons. The summed E-state index contributed by atoms with van der Waals surface area (Å²) in [5.41, 5.74) is -1.65. The van der Waals surface area contributed by atoms with E-state index in [9.17, 15) is 23.6 Å². The van der Waals surface area contributed by atoms with E-state index >= 15 is 0 Å². The van der Waals surface area contributed by atoms with E-state index in [1.165, 1.54) is 30.3 Å². The van der Waals surface area contributed by atoms with Gasteiger partial charge in [-0.1, -0.05) is 35.3 Å². The average Bonchev–Trinajstić information content (AvgIpc) is 3.27. The molecule has 1 saturated carbocycles. The number of hydrogen-bond acceptors (Lipinski definition) is 4. The fraction of sp³-hybridized carbons (Fsp3) is 0.176. The van der Waals surface area contributed by atoms with Crippen LogP contribution in [0.25, 0.3) is 0 Å². The Hall–Kier alpha value is -2.07. The highest BCUT2D eigenvalue weighted by molar-refractivity contribution is 7.92. The molecular weight excluding hydrogens is 385 g/mol. The minimum absolute atomic E-state index is 0.0766. The highest BCUT2D eigenvalue weighted by Gasteiger charge is 2.77. The number of carboxylic acids is 1. The lowest BCUT2D eigenvalue weighted by Gasteiger charge is -2.05. The van der Waals surface area contributed by atoms with Crippen molar-refractivity contribution in [3.05, 3.63) is 64.1 Å². The Morgan fingerprint density at radius 2 is 1.76 bits per heavy atom. The Labute approximate surface area is 154 Å². The standard InChI is InChI=1S/C17H11Cl2NO4S/c18-11-4-6-13(7-5-11)25(23,24)15-14(17(15,9-20)16(21)22)10-2-1-3-12(19)8-10/h1-8,14-15H,(H,21,22)/t14-,15+,17+/m1/s1. The maximum atomic E-state index is 13.0. The SMILES string of the molecule is N#C[C@]1(C(=O)O)[C@H](c2cccc(Cl)c2)[C@@H]1S(=O)(=O)c1ccc(Cl)cc1. The number of nitriles is 1. The Morgan fingerprint density at radius 3 is 2.28 bits per heavy atom. The molecule has 1 N–H and O–H groups in total. The van der Waals surface area contributed by atoms with Gasteiger partial charge in [-0.2, -0.15) is 5.26 Å². The topological polar surface area (TPSA) is 95.2 Å². The summed E-state index contributed by atoms with van der Waals surface area (Å²) >= 11 is 11.7. The van der Waals surface area contributed by atoms with Gasteiger partial charge < -0.3 is 5.11 Å². The summed E-state index contributed by atoms with van der Waals surface area (Å²) in [5.74, 6) is -2.48. The molecule has 5 nitrogen and oxygen atoms in total. The molecule has 0 spiro atoms. The third-order valence-electron chi connectivity index (χ3n) is 4.36. The van der Waals surface area contributed by atoms with Crippen molar-refractivity contribution in [2.24, 2.45) is 5.41 Å². The molecule has 0 unspecified atom stereocenters. The first-order valence-electron chi connectivity index (χ1n) is 7.14. The van der Waals surface area contributed by atoms with Crippen molar-refractivity contribution < 1.29 is 18.3 Å². The molecule has 128 valence electrons. The third-order valence-corrected chi connectivity index (χ3v) is 7.08. The smallest absolute Gasteiger partial charge is 0.326 e. The van der Waals surface area contributed by atoms with Crippen LogP contribution in [-0.4, -0.2) is 24.7 Å².